The maximum Gasteiger partial charge on any atom is 0.227 e. The smallest absolute Gasteiger partial charge is 0.227 e. The number of rotatable bonds is 5. The van der Waals surface area contributed by atoms with E-state index in [1.54, 1.807) is 0 Å². The van der Waals surface area contributed by atoms with E-state index < -0.39 is 0 Å². The van der Waals surface area contributed by atoms with Crippen molar-refractivity contribution in [3.8, 4) is 0 Å². The lowest BCUT2D eigenvalue weighted by Crippen LogP contribution is -2.48. The Kier molecular flexibility index (Phi) is 6.12. The van der Waals surface area contributed by atoms with Crippen LogP contribution in [-0.2, 0) is 11.2 Å². The van der Waals surface area contributed by atoms with Crippen molar-refractivity contribution >= 4 is 17.7 Å². The third kappa shape index (κ3) is 5.04. The Morgan fingerprint density at radius 3 is 2.29 bits per heavy atom. The van der Waals surface area contributed by atoms with Crippen molar-refractivity contribution in [1.29, 1.82) is 0 Å². The largest absolute Gasteiger partial charge is 0.340 e. The zero-order valence-corrected chi connectivity index (χ0v) is 14.2. The van der Waals surface area contributed by atoms with Crippen molar-refractivity contribution in [1.82, 2.24) is 9.80 Å². The van der Waals surface area contributed by atoms with Crippen LogP contribution in [0.15, 0.2) is 29.2 Å². The molecule has 0 N–H and O–H groups in total. The number of piperazine rings is 1. The highest BCUT2D eigenvalue weighted by atomic mass is 32.2. The molecule has 116 valence electrons. The summed E-state index contributed by atoms with van der Waals surface area (Å²) in [7, 11) is 0. The van der Waals surface area contributed by atoms with Gasteiger partial charge in [0.05, 0.1) is 6.42 Å². The molecule has 0 bridgehead atoms. The van der Waals surface area contributed by atoms with Crippen LogP contribution in [0.4, 0.5) is 0 Å². The quantitative estimate of drug-likeness (QED) is 0.782. The number of benzene rings is 1. The van der Waals surface area contributed by atoms with Crippen LogP contribution >= 0.6 is 11.8 Å². The summed E-state index contributed by atoms with van der Waals surface area (Å²) in [4.78, 5) is 18.0. The highest BCUT2D eigenvalue weighted by Crippen LogP contribution is 2.23. The van der Waals surface area contributed by atoms with E-state index in [2.05, 4.69) is 49.9 Å². The summed E-state index contributed by atoms with van der Waals surface area (Å²) in [5, 5.41) is 0.590. The van der Waals surface area contributed by atoms with Crippen molar-refractivity contribution in [3.63, 3.8) is 0 Å². The van der Waals surface area contributed by atoms with E-state index in [-0.39, 0.29) is 5.91 Å². The van der Waals surface area contributed by atoms with Gasteiger partial charge in [0.2, 0.25) is 5.91 Å². The Hall–Kier alpha value is -1.00. The lowest BCUT2D eigenvalue weighted by Gasteiger charge is -2.34. The van der Waals surface area contributed by atoms with Crippen molar-refractivity contribution in [3.05, 3.63) is 29.8 Å². The van der Waals surface area contributed by atoms with E-state index in [1.165, 1.54) is 4.90 Å². The predicted octanol–water partition coefficient (Wildman–Crippen LogP) is 2.89. The van der Waals surface area contributed by atoms with E-state index in [0.29, 0.717) is 11.7 Å². The van der Waals surface area contributed by atoms with Gasteiger partial charge in [-0.25, -0.2) is 0 Å². The van der Waals surface area contributed by atoms with Crippen LogP contribution in [0, 0.1) is 0 Å². The number of thioether (sulfide) groups is 1. The van der Waals surface area contributed by atoms with Crippen LogP contribution in [0.25, 0.3) is 0 Å². The van der Waals surface area contributed by atoms with Gasteiger partial charge in [-0.15, -0.1) is 11.8 Å². The highest BCUT2D eigenvalue weighted by Gasteiger charge is 2.20. The molecule has 4 heteroatoms. The number of hydrogen-bond acceptors (Lipinski definition) is 3. The normalized spacial score (nSPS) is 16.5. The van der Waals surface area contributed by atoms with Crippen molar-refractivity contribution in [2.75, 3.05) is 32.7 Å². The molecular formula is C17H26N2OS. The highest BCUT2D eigenvalue weighted by molar-refractivity contribution is 7.99. The van der Waals surface area contributed by atoms with Crippen LogP contribution < -0.4 is 0 Å². The van der Waals surface area contributed by atoms with Crippen LogP contribution in [0.5, 0.6) is 0 Å². The Morgan fingerprint density at radius 1 is 1.14 bits per heavy atom. The zero-order chi connectivity index (χ0) is 15.2. The summed E-state index contributed by atoms with van der Waals surface area (Å²) in [5.41, 5.74) is 1.12. The number of likely N-dealkylation sites (N-methyl/N-ethyl adjacent to an activating group) is 1. The molecule has 1 saturated heterocycles. The van der Waals surface area contributed by atoms with Gasteiger partial charge >= 0.3 is 0 Å². The molecule has 0 spiro atoms. The standard InChI is InChI=1S/C17H26N2OS/c1-4-18-9-11-19(12-10-18)17(20)13-15-5-7-16(8-6-15)21-14(2)3/h5-8,14H,4,9-13H2,1-3H3. The molecule has 1 aliphatic heterocycles. The average molecular weight is 306 g/mol. The Morgan fingerprint density at radius 2 is 1.76 bits per heavy atom. The second-order valence-corrected chi connectivity index (χ2v) is 7.45. The SMILES string of the molecule is CCN1CCN(C(=O)Cc2ccc(SC(C)C)cc2)CC1. The molecule has 0 aromatic heterocycles. The van der Waals surface area contributed by atoms with Gasteiger partial charge in [0.1, 0.15) is 0 Å². The van der Waals surface area contributed by atoms with Crippen LogP contribution in [0.1, 0.15) is 26.3 Å². The Bertz CT molecular complexity index is 450. The molecule has 0 saturated carbocycles. The molecule has 0 unspecified atom stereocenters. The van der Waals surface area contributed by atoms with Gasteiger partial charge in [-0.05, 0) is 24.2 Å². The molecule has 1 amide bonds. The van der Waals surface area contributed by atoms with E-state index in [4.69, 9.17) is 0 Å². The second kappa shape index (κ2) is 7.85. The molecule has 2 rings (SSSR count). The monoisotopic (exact) mass is 306 g/mol. The van der Waals surface area contributed by atoms with Gasteiger partial charge in [-0.1, -0.05) is 32.9 Å². The molecule has 0 radical (unpaired) electrons. The molecule has 1 aliphatic rings. The number of carbonyl (C=O) groups is 1. The fraction of sp³-hybridized carbons (Fsp3) is 0.588. The molecule has 1 aromatic rings. The molecule has 0 aliphatic carbocycles. The molecule has 1 fully saturated rings. The van der Waals surface area contributed by atoms with Crippen molar-refractivity contribution in [2.45, 2.75) is 37.3 Å². The van der Waals surface area contributed by atoms with Crippen LogP contribution in [0.3, 0.4) is 0 Å². The van der Waals surface area contributed by atoms with Crippen LogP contribution in [-0.4, -0.2) is 53.7 Å². The number of nitrogens with zero attached hydrogens (tertiary/aromatic N) is 2. The summed E-state index contributed by atoms with van der Waals surface area (Å²) in [6, 6.07) is 8.43. The molecule has 0 atom stereocenters. The summed E-state index contributed by atoms with van der Waals surface area (Å²) in [5.74, 6) is 0.259. The summed E-state index contributed by atoms with van der Waals surface area (Å²) >= 11 is 1.86. The first-order chi connectivity index (χ1) is 10.1. The number of hydrogen-bond donors (Lipinski definition) is 0. The third-order valence-electron chi connectivity index (χ3n) is 3.82. The van der Waals surface area contributed by atoms with Crippen molar-refractivity contribution in [2.24, 2.45) is 0 Å². The second-order valence-electron chi connectivity index (χ2n) is 5.80. The summed E-state index contributed by atoms with van der Waals surface area (Å²) < 4.78 is 0. The molecule has 1 aromatic carbocycles. The fourth-order valence-electron chi connectivity index (χ4n) is 2.56. The third-order valence-corrected chi connectivity index (χ3v) is 4.84. The lowest BCUT2D eigenvalue weighted by molar-refractivity contribution is -0.132. The topological polar surface area (TPSA) is 23.6 Å². The first-order valence-corrected chi connectivity index (χ1v) is 8.72. The van der Waals surface area contributed by atoms with Gasteiger partial charge in [0.25, 0.3) is 0 Å². The minimum absolute atomic E-state index is 0.259. The number of carbonyl (C=O) groups excluding carboxylic acids is 1. The molecule has 1 heterocycles. The Balaban J connectivity index is 1.85. The molecular weight excluding hydrogens is 280 g/mol. The minimum atomic E-state index is 0.259. The van der Waals surface area contributed by atoms with E-state index in [9.17, 15) is 4.79 Å². The van der Waals surface area contributed by atoms with Crippen LogP contribution in [0.2, 0.25) is 0 Å². The first-order valence-electron chi connectivity index (χ1n) is 7.84. The minimum Gasteiger partial charge on any atom is -0.340 e. The van der Waals surface area contributed by atoms with E-state index in [0.717, 1.165) is 38.3 Å². The molecule has 3 nitrogen and oxygen atoms in total. The average Bonchev–Trinajstić information content (AvgIpc) is 2.49. The summed E-state index contributed by atoms with van der Waals surface area (Å²) in [6.07, 6.45) is 0.527. The zero-order valence-electron chi connectivity index (χ0n) is 13.3. The summed E-state index contributed by atoms with van der Waals surface area (Å²) in [6.45, 7) is 11.4. The van der Waals surface area contributed by atoms with Gasteiger partial charge in [-0.2, -0.15) is 0 Å². The van der Waals surface area contributed by atoms with Gasteiger partial charge in [-0.3, -0.25) is 4.79 Å². The number of amides is 1. The van der Waals surface area contributed by atoms with Crippen molar-refractivity contribution < 1.29 is 4.79 Å². The predicted molar refractivity (Wildman–Crippen MR) is 89.8 cm³/mol. The molecule has 21 heavy (non-hydrogen) atoms. The van der Waals surface area contributed by atoms with Gasteiger partial charge in [0.15, 0.2) is 0 Å². The maximum absolute atomic E-state index is 12.3. The lowest BCUT2D eigenvalue weighted by atomic mass is 10.1. The van der Waals surface area contributed by atoms with Gasteiger partial charge < -0.3 is 9.80 Å². The first kappa shape index (κ1) is 16.4. The van der Waals surface area contributed by atoms with E-state index >= 15 is 0 Å². The Labute approximate surface area is 132 Å². The fourth-order valence-corrected chi connectivity index (χ4v) is 3.40. The van der Waals surface area contributed by atoms with E-state index in [1.807, 2.05) is 16.7 Å². The van der Waals surface area contributed by atoms with Gasteiger partial charge in [0, 0.05) is 36.3 Å². The maximum atomic E-state index is 12.3.